The van der Waals surface area contributed by atoms with Gasteiger partial charge in [0.1, 0.15) is 0 Å². The molecule has 2 amide bonds. The van der Waals surface area contributed by atoms with Crippen molar-refractivity contribution in [3.05, 3.63) is 35.7 Å². The Morgan fingerprint density at radius 1 is 1.24 bits per heavy atom. The van der Waals surface area contributed by atoms with Crippen LogP contribution in [0.5, 0.6) is 0 Å². The van der Waals surface area contributed by atoms with Crippen LogP contribution in [0.4, 0.5) is 11.4 Å². The summed E-state index contributed by atoms with van der Waals surface area (Å²) >= 11 is 1.51. The molecule has 2 heterocycles. The number of thioether (sulfide) groups is 1. The van der Waals surface area contributed by atoms with Crippen molar-refractivity contribution in [3.63, 3.8) is 0 Å². The second-order valence-electron chi connectivity index (χ2n) is 8.04. The summed E-state index contributed by atoms with van der Waals surface area (Å²) in [6, 6.07) is 7.82. The van der Waals surface area contributed by atoms with Gasteiger partial charge in [0.25, 0.3) is 0 Å². The Balaban J connectivity index is 1.56. The molecule has 1 aromatic heterocycles. The number of anilines is 2. The highest BCUT2D eigenvalue weighted by Gasteiger charge is 2.30. The van der Waals surface area contributed by atoms with Crippen LogP contribution in [0.25, 0.3) is 0 Å². The highest BCUT2D eigenvalue weighted by molar-refractivity contribution is 7.99. The predicted octanol–water partition coefficient (Wildman–Crippen LogP) is 4.47. The number of hydrogen-bond donors (Lipinski definition) is 1. The van der Waals surface area contributed by atoms with Gasteiger partial charge in [0, 0.05) is 24.2 Å². The van der Waals surface area contributed by atoms with Crippen LogP contribution < -0.4 is 10.2 Å². The van der Waals surface area contributed by atoms with Gasteiger partial charge in [0.05, 0.1) is 22.8 Å². The lowest BCUT2D eigenvalue weighted by Gasteiger charge is -2.27. The van der Waals surface area contributed by atoms with Gasteiger partial charge in [-0.15, -0.1) is 0 Å². The van der Waals surface area contributed by atoms with Crippen molar-refractivity contribution in [1.29, 1.82) is 0 Å². The van der Waals surface area contributed by atoms with E-state index < -0.39 is 0 Å². The zero-order chi connectivity index (χ0) is 20.5. The first-order valence-electron chi connectivity index (χ1n) is 10.3. The third-order valence-corrected chi connectivity index (χ3v) is 6.93. The highest BCUT2D eigenvalue weighted by atomic mass is 32.2. The second kappa shape index (κ2) is 8.22. The molecule has 0 spiro atoms. The summed E-state index contributed by atoms with van der Waals surface area (Å²) in [6.07, 6.45) is 5.17. The van der Waals surface area contributed by atoms with Gasteiger partial charge in [0.2, 0.25) is 11.8 Å². The minimum atomic E-state index is -0.190. The molecule has 1 atom stereocenters. The summed E-state index contributed by atoms with van der Waals surface area (Å²) < 4.78 is 2.34. The number of para-hydroxylation sites is 2. The Morgan fingerprint density at radius 2 is 1.97 bits per heavy atom. The molecule has 2 aliphatic rings. The SMILES string of the molecule is Cc1nc(SCC(=O)N2c3ccccc3NC(=O)C[C@@H]2C)n(C2CCCC2)c1C. The summed E-state index contributed by atoms with van der Waals surface area (Å²) in [5.74, 6) is 0.244. The maximum atomic E-state index is 13.3. The van der Waals surface area contributed by atoms with Crippen LogP contribution in [0.2, 0.25) is 0 Å². The van der Waals surface area contributed by atoms with Gasteiger partial charge >= 0.3 is 0 Å². The monoisotopic (exact) mass is 412 g/mol. The molecule has 0 radical (unpaired) electrons. The number of rotatable bonds is 4. The molecule has 0 unspecified atom stereocenters. The van der Waals surface area contributed by atoms with Gasteiger partial charge in [-0.25, -0.2) is 4.98 Å². The second-order valence-corrected chi connectivity index (χ2v) is 8.99. The Kier molecular flexibility index (Phi) is 5.67. The fourth-order valence-corrected chi connectivity index (χ4v) is 5.47. The molecular formula is C22H28N4O2S. The number of carbonyl (C=O) groups excluding carboxylic acids is 2. The first-order chi connectivity index (χ1) is 14.0. The number of fused-ring (bicyclic) bond motifs is 1. The van der Waals surface area contributed by atoms with Gasteiger partial charge in [-0.3, -0.25) is 9.59 Å². The van der Waals surface area contributed by atoms with Crippen molar-refractivity contribution in [2.24, 2.45) is 0 Å². The minimum absolute atomic E-state index is 0.00253. The van der Waals surface area contributed by atoms with Crippen molar-refractivity contribution in [2.75, 3.05) is 16.0 Å². The molecule has 7 heteroatoms. The van der Waals surface area contributed by atoms with Gasteiger partial charge in [-0.2, -0.15) is 0 Å². The maximum absolute atomic E-state index is 13.3. The van der Waals surface area contributed by atoms with E-state index in [2.05, 4.69) is 16.8 Å². The molecule has 1 aliphatic carbocycles. The number of benzene rings is 1. The quantitative estimate of drug-likeness (QED) is 0.753. The molecule has 1 fully saturated rings. The molecule has 6 nitrogen and oxygen atoms in total. The lowest BCUT2D eigenvalue weighted by Crippen LogP contribution is -2.40. The number of aryl methyl sites for hydroxylation is 1. The minimum Gasteiger partial charge on any atom is -0.324 e. The van der Waals surface area contributed by atoms with Gasteiger partial charge in [0.15, 0.2) is 5.16 Å². The molecular weight excluding hydrogens is 384 g/mol. The summed E-state index contributed by atoms with van der Waals surface area (Å²) in [5.41, 5.74) is 3.70. The fourth-order valence-electron chi connectivity index (χ4n) is 4.45. The van der Waals surface area contributed by atoms with Crippen molar-refractivity contribution in [1.82, 2.24) is 9.55 Å². The lowest BCUT2D eigenvalue weighted by molar-refractivity contribution is -0.117. The predicted molar refractivity (Wildman–Crippen MR) is 117 cm³/mol. The Hall–Kier alpha value is -2.28. The van der Waals surface area contributed by atoms with Crippen LogP contribution in [0.1, 0.15) is 56.5 Å². The van der Waals surface area contributed by atoms with Gasteiger partial charge in [-0.1, -0.05) is 36.7 Å². The zero-order valence-corrected chi connectivity index (χ0v) is 18.1. The Morgan fingerprint density at radius 3 is 2.72 bits per heavy atom. The number of aromatic nitrogens is 2. The average molecular weight is 413 g/mol. The number of nitrogens with zero attached hydrogens (tertiary/aromatic N) is 3. The maximum Gasteiger partial charge on any atom is 0.237 e. The summed E-state index contributed by atoms with van der Waals surface area (Å²) in [4.78, 5) is 31.9. The zero-order valence-electron chi connectivity index (χ0n) is 17.3. The smallest absolute Gasteiger partial charge is 0.237 e. The van der Waals surface area contributed by atoms with E-state index >= 15 is 0 Å². The summed E-state index contributed by atoms with van der Waals surface area (Å²) in [7, 11) is 0. The standard InChI is InChI=1S/C22H28N4O2S/c1-14-12-20(27)24-18-10-6-7-11-19(18)25(14)21(28)13-29-22-23-15(2)16(3)26(22)17-8-4-5-9-17/h6-7,10-11,14,17H,4-5,8-9,12-13H2,1-3H3,(H,24,27)/t14-/m0/s1. The molecule has 29 heavy (non-hydrogen) atoms. The number of imidazole rings is 1. The van der Waals surface area contributed by atoms with Crippen LogP contribution in [0.15, 0.2) is 29.4 Å². The molecule has 2 aromatic rings. The Bertz CT molecular complexity index is 933. The van der Waals surface area contributed by atoms with Crippen molar-refractivity contribution in [2.45, 2.75) is 70.1 Å². The molecule has 154 valence electrons. The van der Waals surface area contributed by atoms with E-state index in [1.165, 1.54) is 43.1 Å². The molecule has 1 N–H and O–H groups in total. The van der Waals surface area contributed by atoms with Gasteiger partial charge < -0.3 is 14.8 Å². The van der Waals surface area contributed by atoms with E-state index in [1.807, 2.05) is 38.1 Å². The topological polar surface area (TPSA) is 67.2 Å². The van der Waals surface area contributed by atoms with E-state index in [9.17, 15) is 9.59 Å². The van der Waals surface area contributed by atoms with Crippen molar-refractivity contribution in [3.8, 4) is 0 Å². The van der Waals surface area contributed by atoms with Crippen LogP contribution >= 0.6 is 11.8 Å². The number of amides is 2. The van der Waals surface area contributed by atoms with E-state index in [0.29, 0.717) is 23.9 Å². The fraction of sp³-hybridized carbons (Fsp3) is 0.500. The summed E-state index contributed by atoms with van der Waals surface area (Å²) in [6.45, 7) is 6.09. The van der Waals surface area contributed by atoms with Crippen molar-refractivity contribution < 1.29 is 9.59 Å². The molecule has 1 aliphatic heterocycles. The number of carbonyl (C=O) groups is 2. The number of hydrogen-bond acceptors (Lipinski definition) is 4. The molecule has 4 rings (SSSR count). The first kappa shape index (κ1) is 20.0. The molecule has 1 saturated carbocycles. The highest BCUT2D eigenvalue weighted by Crippen LogP contribution is 2.36. The third-order valence-electron chi connectivity index (χ3n) is 6.00. The molecule has 0 saturated heterocycles. The van der Waals surface area contributed by atoms with E-state index in [4.69, 9.17) is 4.98 Å². The van der Waals surface area contributed by atoms with Crippen LogP contribution in [0, 0.1) is 13.8 Å². The van der Waals surface area contributed by atoms with E-state index in [-0.39, 0.29) is 17.9 Å². The van der Waals surface area contributed by atoms with Crippen LogP contribution in [-0.4, -0.2) is 33.2 Å². The van der Waals surface area contributed by atoms with Gasteiger partial charge in [-0.05, 0) is 45.7 Å². The Labute approximate surface area is 176 Å². The number of nitrogens with one attached hydrogen (secondary N) is 1. The summed E-state index contributed by atoms with van der Waals surface area (Å²) in [5, 5.41) is 3.85. The first-order valence-corrected chi connectivity index (χ1v) is 11.3. The molecule has 1 aromatic carbocycles. The largest absolute Gasteiger partial charge is 0.324 e. The van der Waals surface area contributed by atoms with E-state index in [0.717, 1.165) is 16.5 Å². The molecule has 0 bridgehead atoms. The average Bonchev–Trinajstić information content (AvgIpc) is 3.26. The normalized spacial score (nSPS) is 19.8. The lowest BCUT2D eigenvalue weighted by atomic mass is 10.2. The van der Waals surface area contributed by atoms with Crippen LogP contribution in [-0.2, 0) is 9.59 Å². The van der Waals surface area contributed by atoms with Crippen LogP contribution in [0.3, 0.4) is 0 Å². The third kappa shape index (κ3) is 3.92. The van der Waals surface area contributed by atoms with E-state index in [1.54, 1.807) is 4.90 Å². The van der Waals surface area contributed by atoms with Crippen molar-refractivity contribution >= 4 is 35.0 Å².